The molecule has 1 saturated heterocycles. The third-order valence-corrected chi connectivity index (χ3v) is 8.38. The van der Waals surface area contributed by atoms with E-state index in [4.69, 9.17) is 4.74 Å². The Morgan fingerprint density at radius 3 is 2.50 bits per heavy atom. The summed E-state index contributed by atoms with van der Waals surface area (Å²) in [7, 11) is 1.45. The number of rotatable bonds is 4. The number of carbonyl (C=O) groups excluding carboxylic acids is 4. The number of ether oxygens (including phenoxy) is 1. The molecule has 2 aromatic carbocycles. The Morgan fingerprint density at radius 1 is 1.00 bits per heavy atom. The number of carbonyl (C=O) groups is 4. The van der Waals surface area contributed by atoms with Crippen LogP contribution in [0, 0.1) is 17.8 Å². The number of nitrogens with zero attached hydrogens (tertiary/aromatic N) is 1. The van der Waals surface area contributed by atoms with Crippen LogP contribution in [0.1, 0.15) is 36.8 Å². The van der Waals surface area contributed by atoms with Gasteiger partial charge in [0.1, 0.15) is 0 Å². The zero-order valence-corrected chi connectivity index (χ0v) is 21.1. The first-order valence-electron chi connectivity index (χ1n) is 12.8. The first-order valence-corrected chi connectivity index (χ1v) is 12.8. The van der Waals surface area contributed by atoms with E-state index in [0.717, 1.165) is 11.1 Å². The lowest BCUT2D eigenvalue weighted by Gasteiger charge is -2.42. The Hall–Kier alpha value is -4.26. The molecule has 0 saturated carbocycles. The van der Waals surface area contributed by atoms with E-state index < -0.39 is 23.7 Å². The van der Waals surface area contributed by atoms with Crippen LogP contribution in [0.25, 0.3) is 0 Å². The molecule has 4 atom stereocenters. The summed E-state index contributed by atoms with van der Waals surface area (Å²) < 4.78 is 5.33. The molecule has 192 valence electrons. The second-order valence-corrected chi connectivity index (χ2v) is 10.4. The van der Waals surface area contributed by atoms with Gasteiger partial charge in [-0.25, -0.2) is 0 Å². The van der Waals surface area contributed by atoms with Crippen molar-refractivity contribution in [3.63, 3.8) is 0 Å². The molecule has 1 heterocycles. The molecule has 7 heteroatoms. The molecule has 2 aromatic rings. The average molecular weight is 510 g/mol. The quantitative estimate of drug-likeness (QED) is 0.380. The Labute approximate surface area is 220 Å². The smallest absolute Gasteiger partial charge is 0.234 e. The van der Waals surface area contributed by atoms with Gasteiger partial charge in [-0.3, -0.25) is 24.1 Å². The number of benzene rings is 2. The fraction of sp³-hybridized carbons (Fsp3) is 0.290. The maximum atomic E-state index is 13.8. The van der Waals surface area contributed by atoms with Crippen LogP contribution in [0.15, 0.2) is 83.0 Å². The molecule has 7 nitrogen and oxygen atoms in total. The molecule has 1 fully saturated rings. The van der Waals surface area contributed by atoms with Gasteiger partial charge >= 0.3 is 0 Å². The van der Waals surface area contributed by atoms with E-state index >= 15 is 0 Å². The van der Waals surface area contributed by atoms with E-state index in [1.54, 1.807) is 19.1 Å². The predicted molar refractivity (Wildman–Crippen MR) is 138 cm³/mol. The topological polar surface area (TPSA) is 101 Å². The molecule has 1 aliphatic heterocycles. The number of ketones is 2. The van der Waals surface area contributed by atoms with E-state index in [1.165, 1.54) is 24.2 Å². The lowest BCUT2D eigenvalue weighted by molar-refractivity contribution is -0.140. The van der Waals surface area contributed by atoms with Crippen LogP contribution < -0.4 is 4.74 Å². The third kappa shape index (κ3) is 3.56. The summed E-state index contributed by atoms with van der Waals surface area (Å²) in [6, 6.07) is 14.3. The summed E-state index contributed by atoms with van der Waals surface area (Å²) in [6.07, 6.45) is 3.98. The molecule has 6 rings (SSSR count). The SMILES string of the molecule is COc1cc([C@H]2C3=CC[C@@H]4C(=O)N(Cc5ccccc5)C(=O)[C@@H]4[C@@H]3CC3=C2C(=O)C(C)=CC3=O)ccc1O. The van der Waals surface area contributed by atoms with Crippen LogP contribution in [0.5, 0.6) is 11.5 Å². The number of Topliss-reactive ketones (excluding diaryl/α,β-unsaturated/α-hetero) is 1. The zero-order valence-electron chi connectivity index (χ0n) is 21.1. The lowest BCUT2D eigenvalue weighted by Crippen LogP contribution is -2.39. The van der Waals surface area contributed by atoms with Crippen LogP contribution in [0.3, 0.4) is 0 Å². The maximum absolute atomic E-state index is 13.8. The van der Waals surface area contributed by atoms with Crippen molar-refractivity contribution in [1.82, 2.24) is 4.90 Å². The normalized spacial score (nSPS) is 26.5. The molecule has 4 aliphatic rings. The molecule has 0 aromatic heterocycles. The van der Waals surface area contributed by atoms with Crippen molar-refractivity contribution in [1.29, 1.82) is 0 Å². The molecule has 2 amide bonds. The van der Waals surface area contributed by atoms with Crippen molar-refractivity contribution in [2.75, 3.05) is 7.11 Å². The molecule has 0 unspecified atom stereocenters. The van der Waals surface area contributed by atoms with E-state index in [-0.39, 0.29) is 47.8 Å². The molecule has 0 radical (unpaired) electrons. The number of methoxy groups -OCH3 is 1. The van der Waals surface area contributed by atoms with Crippen LogP contribution in [0.2, 0.25) is 0 Å². The molecule has 3 aliphatic carbocycles. The van der Waals surface area contributed by atoms with Gasteiger partial charge in [0.05, 0.1) is 25.5 Å². The van der Waals surface area contributed by atoms with Gasteiger partial charge in [0.2, 0.25) is 11.8 Å². The summed E-state index contributed by atoms with van der Waals surface area (Å²) in [5.74, 6) is -2.70. The Bertz CT molecular complexity index is 1500. The van der Waals surface area contributed by atoms with Crippen LogP contribution in [-0.2, 0) is 25.7 Å². The summed E-state index contributed by atoms with van der Waals surface area (Å²) in [5.41, 5.74) is 3.63. The molecule has 0 bridgehead atoms. The van der Waals surface area contributed by atoms with Crippen molar-refractivity contribution in [2.45, 2.75) is 32.2 Å². The zero-order chi connectivity index (χ0) is 26.7. The Balaban J connectivity index is 1.45. The Morgan fingerprint density at radius 2 is 1.76 bits per heavy atom. The van der Waals surface area contributed by atoms with Crippen molar-refractivity contribution >= 4 is 23.4 Å². The van der Waals surface area contributed by atoms with Crippen molar-refractivity contribution < 1.29 is 29.0 Å². The first-order chi connectivity index (χ1) is 18.3. The van der Waals surface area contributed by atoms with Gasteiger partial charge in [-0.1, -0.05) is 48.0 Å². The van der Waals surface area contributed by atoms with Gasteiger partial charge in [0, 0.05) is 22.6 Å². The number of hydrogen-bond acceptors (Lipinski definition) is 6. The average Bonchev–Trinajstić information content (AvgIpc) is 3.16. The number of hydrogen-bond donors (Lipinski definition) is 1. The van der Waals surface area contributed by atoms with Crippen molar-refractivity contribution in [3.05, 3.63) is 94.1 Å². The van der Waals surface area contributed by atoms with E-state index in [9.17, 15) is 24.3 Å². The highest BCUT2D eigenvalue weighted by Crippen LogP contribution is 2.55. The Kier molecular flexibility index (Phi) is 5.67. The monoisotopic (exact) mass is 509 g/mol. The molecule has 0 spiro atoms. The minimum atomic E-state index is -0.600. The number of imide groups is 1. The number of phenolic OH excluding ortho intramolecular Hbond substituents is 1. The standard InChI is InChI=1S/C31H27NO6/c1-16-12-24(34)22-14-21-19(26(28(22)29(16)35)18-8-11-23(33)25(13-18)38-2)9-10-20-27(21)31(37)32(30(20)36)15-17-6-4-3-5-7-17/h3-9,11-13,20-21,26-27,33H,10,14-15H2,1-2H3/t20-,21+,26-,27-/m0/s1. The maximum Gasteiger partial charge on any atom is 0.234 e. The number of phenols is 1. The van der Waals surface area contributed by atoms with Crippen LogP contribution in [-0.4, -0.2) is 40.5 Å². The number of likely N-dealkylation sites (tertiary alicyclic amines) is 1. The summed E-state index contributed by atoms with van der Waals surface area (Å²) in [6.45, 7) is 1.84. The van der Waals surface area contributed by atoms with Gasteiger partial charge in [0.15, 0.2) is 23.1 Å². The molecule has 38 heavy (non-hydrogen) atoms. The fourth-order valence-electron chi connectivity index (χ4n) is 6.60. The first kappa shape index (κ1) is 24.1. The highest BCUT2D eigenvalue weighted by atomic mass is 16.5. The highest BCUT2D eigenvalue weighted by Gasteiger charge is 2.56. The minimum absolute atomic E-state index is 0.0363. The van der Waals surface area contributed by atoms with E-state index in [2.05, 4.69) is 0 Å². The molecule has 1 N–H and O–H groups in total. The highest BCUT2D eigenvalue weighted by molar-refractivity contribution is 6.23. The molecular weight excluding hydrogens is 482 g/mol. The van der Waals surface area contributed by atoms with Crippen molar-refractivity contribution in [3.8, 4) is 11.5 Å². The van der Waals surface area contributed by atoms with Gasteiger partial charge in [0.25, 0.3) is 0 Å². The predicted octanol–water partition coefficient (Wildman–Crippen LogP) is 4.03. The largest absolute Gasteiger partial charge is 0.504 e. The second kappa shape index (κ2) is 8.94. The van der Waals surface area contributed by atoms with E-state index in [0.29, 0.717) is 28.7 Å². The lowest BCUT2D eigenvalue weighted by atomic mass is 9.59. The molecular formula is C31H27NO6. The van der Waals surface area contributed by atoms with Crippen LogP contribution in [0.4, 0.5) is 0 Å². The summed E-state index contributed by atoms with van der Waals surface area (Å²) in [4.78, 5) is 55.3. The third-order valence-electron chi connectivity index (χ3n) is 8.38. The summed E-state index contributed by atoms with van der Waals surface area (Å²) in [5, 5.41) is 10.2. The van der Waals surface area contributed by atoms with Crippen molar-refractivity contribution in [2.24, 2.45) is 17.8 Å². The van der Waals surface area contributed by atoms with Gasteiger partial charge < -0.3 is 9.84 Å². The second-order valence-electron chi connectivity index (χ2n) is 10.4. The number of allylic oxidation sites excluding steroid dienone is 6. The number of aromatic hydroxyl groups is 1. The van der Waals surface area contributed by atoms with Gasteiger partial charge in [-0.15, -0.1) is 0 Å². The van der Waals surface area contributed by atoms with Crippen LogP contribution >= 0.6 is 0 Å². The van der Waals surface area contributed by atoms with E-state index in [1.807, 2.05) is 36.4 Å². The number of amides is 2. The fourth-order valence-corrected chi connectivity index (χ4v) is 6.60. The van der Waals surface area contributed by atoms with Gasteiger partial charge in [-0.05, 0) is 55.0 Å². The minimum Gasteiger partial charge on any atom is -0.504 e. The number of fused-ring (bicyclic) bond motifs is 3. The van der Waals surface area contributed by atoms with Gasteiger partial charge in [-0.2, -0.15) is 0 Å². The summed E-state index contributed by atoms with van der Waals surface area (Å²) >= 11 is 0.